The van der Waals surface area contributed by atoms with Gasteiger partial charge >= 0.3 is 5.97 Å². The Hall–Kier alpha value is -1.80. The fraction of sp³-hybridized carbons (Fsp3) is 0.438. The Bertz CT molecular complexity index is 747. The molecule has 1 amide bonds. The quantitative estimate of drug-likeness (QED) is 0.845. The van der Waals surface area contributed by atoms with E-state index in [2.05, 4.69) is 10.3 Å². The van der Waals surface area contributed by atoms with Crippen molar-refractivity contribution in [3.05, 3.63) is 29.0 Å². The number of amides is 1. The summed E-state index contributed by atoms with van der Waals surface area (Å²) in [6.45, 7) is 1.86. The van der Waals surface area contributed by atoms with Gasteiger partial charge in [0.05, 0.1) is 12.1 Å². The van der Waals surface area contributed by atoms with Crippen LogP contribution in [0.5, 0.6) is 0 Å². The average molecular weight is 366 g/mol. The molecule has 8 heteroatoms. The molecule has 0 bridgehead atoms. The predicted octanol–water partition coefficient (Wildman–Crippen LogP) is 2.72. The minimum Gasteiger partial charge on any atom is -0.480 e. The summed E-state index contributed by atoms with van der Waals surface area (Å²) in [5, 5.41) is 14.7. The highest BCUT2D eigenvalue weighted by molar-refractivity contribution is 7.99. The molecule has 0 spiro atoms. The minimum absolute atomic E-state index is 0.0678. The molecule has 0 saturated carbocycles. The fourth-order valence-electron chi connectivity index (χ4n) is 2.64. The first kappa shape index (κ1) is 17.0. The summed E-state index contributed by atoms with van der Waals surface area (Å²) >= 11 is 3.12. The van der Waals surface area contributed by atoms with Gasteiger partial charge in [0, 0.05) is 5.38 Å². The third-order valence-corrected chi connectivity index (χ3v) is 5.87. The van der Waals surface area contributed by atoms with Crippen LogP contribution in [0.15, 0.2) is 21.9 Å². The number of nitrogens with zero attached hydrogens (tertiary/aromatic N) is 1. The third-order valence-electron chi connectivity index (χ3n) is 3.98. The molecule has 24 heavy (non-hydrogen) atoms. The topological polar surface area (TPSA) is 92.4 Å². The van der Waals surface area contributed by atoms with E-state index in [1.807, 2.05) is 19.1 Å². The van der Waals surface area contributed by atoms with Crippen LogP contribution in [0.1, 0.15) is 24.3 Å². The van der Waals surface area contributed by atoms with E-state index in [1.165, 1.54) is 11.3 Å². The molecule has 2 aromatic heterocycles. The van der Waals surface area contributed by atoms with Crippen LogP contribution in [-0.4, -0.2) is 39.0 Å². The number of aryl methyl sites for hydroxylation is 1. The van der Waals surface area contributed by atoms with E-state index in [9.17, 15) is 14.7 Å². The number of furan rings is 1. The molecule has 128 valence electrons. The Morgan fingerprint density at radius 3 is 2.75 bits per heavy atom. The van der Waals surface area contributed by atoms with Gasteiger partial charge in [-0.3, -0.25) is 4.79 Å². The first-order valence-electron chi connectivity index (χ1n) is 7.62. The number of carbonyl (C=O) groups is 2. The Kier molecular flexibility index (Phi) is 4.96. The summed E-state index contributed by atoms with van der Waals surface area (Å²) in [5.74, 6) is 1.70. The highest BCUT2D eigenvalue weighted by Crippen LogP contribution is 2.28. The van der Waals surface area contributed by atoms with Gasteiger partial charge in [0.15, 0.2) is 10.8 Å². The van der Waals surface area contributed by atoms with Crippen LogP contribution in [0.3, 0.4) is 0 Å². The van der Waals surface area contributed by atoms with E-state index in [0.29, 0.717) is 29.3 Å². The smallest absolute Gasteiger partial charge is 0.329 e. The standard InChI is InChI=1S/C16H18N2O4S2/c1-10-2-3-12(22-10)14-17-11(9-24-14)8-13(19)18-16(15(20)21)4-6-23-7-5-16/h2-3,9H,4-8H2,1H3,(H,18,19)(H,20,21). The summed E-state index contributed by atoms with van der Waals surface area (Å²) in [7, 11) is 0. The van der Waals surface area contributed by atoms with E-state index >= 15 is 0 Å². The summed E-state index contributed by atoms with van der Waals surface area (Å²) in [4.78, 5) is 28.3. The lowest BCUT2D eigenvalue weighted by molar-refractivity contribution is -0.148. The zero-order chi connectivity index (χ0) is 17.2. The van der Waals surface area contributed by atoms with Gasteiger partial charge in [0.2, 0.25) is 5.91 Å². The summed E-state index contributed by atoms with van der Waals surface area (Å²) in [5.41, 5.74) is -0.522. The lowest BCUT2D eigenvalue weighted by Crippen LogP contribution is -2.56. The zero-order valence-electron chi connectivity index (χ0n) is 13.2. The van der Waals surface area contributed by atoms with Crippen LogP contribution in [-0.2, 0) is 16.0 Å². The van der Waals surface area contributed by atoms with Crippen LogP contribution in [0.4, 0.5) is 0 Å². The van der Waals surface area contributed by atoms with E-state index < -0.39 is 11.5 Å². The Balaban J connectivity index is 1.66. The SMILES string of the molecule is Cc1ccc(-c2nc(CC(=O)NC3(C(=O)O)CCSCC3)cs2)o1. The molecule has 1 saturated heterocycles. The van der Waals surface area contributed by atoms with E-state index in [0.717, 1.165) is 17.3 Å². The van der Waals surface area contributed by atoms with Gasteiger partial charge in [-0.15, -0.1) is 11.3 Å². The number of aromatic nitrogens is 1. The molecular weight excluding hydrogens is 348 g/mol. The molecule has 1 aliphatic heterocycles. The van der Waals surface area contributed by atoms with Crippen molar-refractivity contribution in [1.82, 2.24) is 10.3 Å². The summed E-state index contributed by atoms with van der Waals surface area (Å²) in [6, 6.07) is 3.71. The number of carbonyl (C=O) groups excluding carboxylic acids is 1. The molecule has 1 aliphatic rings. The molecular formula is C16H18N2O4S2. The Morgan fingerprint density at radius 2 is 2.12 bits per heavy atom. The van der Waals surface area contributed by atoms with Crippen LogP contribution in [0, 0.1) is 6.92 Å². The number of thiazole rings is 1. The van der Waals surface area contributed by atoms with Crippen LogP contribution in [0.2, 0.25) is 0 Å². The Labute approximate surface area is 147 Å². The molecule has 3 heterocycles. The number of thioether (sulfide) groups is 1. The first-order chi connectivity index (χ1) is 11.5. The highest BCUT2D eigenvalue weighted by atomic mass is 32.2. The first-order valence-corrected chi connectivity index (χ1v) is 9.65. The average Bonchev–Trinajstić information content (AvgIpc) is 3.17. The number of nitrogens with one attached hydrogen (secondary N) is 1. The number of rotatable bonds is 5. The van der Waals surface area contributed by atoms with Crippen molar-refractivity contribution in [1.29, 1.82) is 0 Å². The molecule has 0 atom stereocenters. The van der Waals surface area contributed by atoms with E-state index in [1.54, 1.807) is 17.1 Å². The third kappa shape index (κ3) is 3.64. The number of aliphatic carboxylic acids is 1. The van der Waals surface area contributed by atoms with Gasteiger partial charge in [-0.25, -0.2) is 9.78 Å². The maximum atomic E-state index is 12.3. The van der Waals surface area contributed by atoms with Crippen molar-refractivity contribution in [2.24, 2.45) is 0 Å². The number of hydrogen-bond acceptors (Lipinski definition) is 6. The summed E-state index contributed by atoms with van der Waals surface area (Å²) in [6.07, 6.45) is 0.970. The molecule has 0 aromatic carbocycles. The Morgan fingerprint density at radius 1 is 1.38 bits per heavy atom. The second-order valence-corrected chi connectivity index (χ2v) is 7.86. The largest absolute Gasteiger partial charge is 0.480 e. The van der Waals surface area contributed by atoms with Gasteiger partial charge in [-0.05, 0) is 43.4 Å². The number of hydrogen-bond donors (Lipinski definition) is 2. The van der Waals surface area contributed by atoms with Crippen LogP contribution >= 0.6 is 23.1 Å². The minimum atomic E-state index is -1.14. The second kappa shape index (κ2) is 6.98. The van der Waals surface area contributed by atoms with Gasteiger partial charge < -0.3 is 14.8 Å². The maximum Gasteiger partial charge on any atom is 0.329 e. The van der Waals surface area contributed by atoms with Crippen molar-refractivity contribution in [3.63, 3.8) is 0 Å². The number of carboxylic acid groups (broad SMARTS) is 1. The molecule has 0 radical (unpaired) electrons. The summed E-state index contributed by atoms with van der Waals surface area (Å²) < 4.78 is 5.52. The maximum absolute atomic E-state index is 12.3. The van der Waals surface area contributed by atoms with Crippen molar-refractivity contribution in [2.45, 2.75) is 31.7 Å². The molecule has 6 nitrogen and oxygen atoms in total. The van der Waals surface area contributed by atoms with Crippen molar-refractivity contribution >= 4 is 35.0 Å². The van der Waals surface area contributed by atoms with E-state index in [4.69, 9.17) is 4.42 Å². The normalized spacial score (nSPS) is 16.7. The molecule has 3 rings (SSSR count). The van der Waals surface area contributed by atoms with Crippen molar-refractivity contribution in [2.75, 3.05) is 11.5 Å². The second-order valence-electron chi connectivity index (χ2n) is 5.78. The molecule has 2 N–H and O–H groups in total. The lowest BCUT2D eigenvalue weighted by atomic mass is 9.92. The van der Waals surface area contributed by atoms with Gasteiger partial charge in [0.1, 0.15) is 11.3 Å². The molecule has 2 aromatic rings. The van der Waals surface area contributed by atoms with Crippen LogP contribution in [0.25, 0.3) is 10.8 Å². The number of carboxylic acids is 1. The van der Waals surface area contributed by atoms with Crippen molar-refractivity contribution < 1.29 is 19.1 Å². The predicted molar refractivity (Wildman–Crippen MR) is 93.3 cm³/mol. The fourth-order valence-corrected chi connectivity index (χ4v) is 4.61. The monoisotopic (exact) mass is 366 g/mol. The van der Waals surface area contributed by atoms with Gasteiger partial charge in [0.25, 0.3) is 0 Å². The molecule has 1 fully saturated rings. The van der Waals surface area contributed by atoms with Crippen LogP contribution < -0.4 is 5.32 Å². The van der Waals surface area contributed by atoms with Crippen molar-refractivity contribution in [3.8, 4) is 10.8 Å². The van der Waals surface area contributed by atoms with Gasteiger partial charge in [-0.1, -0.05) is 0 Å². The highest BCUT2D eigenvalue weighted by Gasteiger charge is 2.41. The van der Waals surface area contributed by atoms with E-state index in [-0.39, 0.29) is 12.3 Å². The molecule has 0 aliphatic carbocycles. The lowest BCUT2D eigenvalue weighted by Gasteiger charge is -2.33. The molecule has 0 unspecified atom stereocenters. The zero-order valence-corrected chi connectivity index (χ0v) is 14.8. The van der Waals surface area contributed by atoms with Gasteiger partial charge in [-0.2, -0.15) is 11.8 Å².